The average Bonchev–Trinajstić information content (AvgIpc) is 2.56. The molecular formula is C17H28BNO4. The van der Waals surface area contributed by atoms with Crippen LogP contribution in [0.2, 0.25) is 0 Å². The number of ether oxygens (including phenoxy) is 1. The minimum Gasteiger partial charge on any atom is -0.444 e. The molecule has 5 nitrogen and oxygen atoms in total. The minimum atomic E-state index is -0.459. The van der Waals surface area contributed by atoms with Gasteiger partial charge in [-0.25, -0.2) is 4.79 Å². The lowest BCUT2D eigenvalue weighted by Crippen LogP contribution is -2.61. The fourth-order valence-corrected chi connectivity index (χ4v) is 3.32. The highest BCUT2D eigenvalue weighted by molar-refractivity contribution is 6.54. The SMILES string of the molecule is CC(C)(C)OC(=O)N1C2C=C(B3OC(C)(C)C(C)(C)O3)CC1C2. The van der Waals surface area contributed by atoms with Gasteiger partial charge in [-0.05, 0) is 66.8 Å². The lowest BCUT2D eigenvalue weighted by atomic mass is 9.66. The molecule has 0 spiro atoms. The summed E-state index contributed by atoms with van der Waals surface area (Å²) in [5, 5.41) is 0. The monoisotopic (exact) mass is 321 g/mol. The van der Waals surface area contributed by atoms with Crippen LogP contribution < -0.4 is 0 Å². The third-order valence-electron chi connectivity index (χ3n) is 5.30. The first-order valence-electron chi connectivity index (χ1n) is 8.47. The van der Waals surface area contributed by atoms with E-state index in [1.54, 1.807) is 0 Å². The van der Waals surface area contributed by atoms with Gasteiger partial charge in [0.15, 0.2) is 0 Å². The number of nitrogens with zero attached hydrogens (tertiary/aromatic N) is 1. The molecule has 2 unspecified atom stereocenters. The fourth-order valence-electron chi connectivity index (χ4n) is 3.32. The van der Waals surface area contributed by atoms with Gasteiger partial charge in [-0.2, -0.15) is 0 Å². The van der Waals surface area contributed by atoms with Crippen molar-refractivity contribution in [2.75, 3.05) is 0 Å². The van der Waals surface area contributed by atoms with Crippen LogP contribution in [-0.2, 0) is 14.0 Å². The Bertz CT molecular complexity index is 533. The van der Waals surface area contributed by atoms with Crippen LogP contribution in [0.25, 0.3) is 0 Å². The van der Waals surface area contributed by atoms with E-state index >= 15 is 0 Å². The average molecular weight is 321 g/mol. The zero-order valence-electron chi connectivity index (χ0n) is 15.3. The van der Waals surface area contributed by atoms with Crippen molar-refractivity contribution in [3.63, 3.8) is 0 Å². The second-order valence-electron chi connectivity index (χ2n) is 8.88. The first-order chi connectivity index (χ1) is 10.4. The maximum atomic E-state index is 12.3. The van der Waals surface area contributed by atoms with Gasteiger partial charge in [-0.3, -0.25) is 4.90 Å². The maximum absolute atomic E-state index is 12.3. The summed E-state index contributed by atoms with van der Waals surface area (Å²) < 4.78 is 17.7. The van der Waals surface area contributed by atoms with Crippen molar-refractivity contribution in [1.29, 1.82) is 0 Å². The number of hydrogen-bond acceptors (Lipinski definition) is 4. The van der Waals surface area contributed by atoms with Crippen LogP contribution in [0.1, 0.15) is 61.3 Å². The van der Waals surface area contributed by atoms with Crippen molar-refractivity contribution in [3.05, 3.63) is 11.5 Å². The van der Waals surface area contributed by atoms with Gasteiger partial charge in [-0.15, -0.1) is 0 Å². The van der Waals surface area contributed by atoms with Crippen molar-refractivity contribution < 1.29 is 18.8 Å². The highest BCUT2D eigenvalue weighted by Crippen LogP contribution is 2.44. The lowest BCUT2D eigenvalue weighted by molar-refractivity contribution is -0.0240. The summed E-state index contributed by atoms with van der Waals surface area (Å²) in [6.45, 7) is 13.9. The highest BCUT2D eigenvalue weighted by Gasteiger charge is 2.55. The molecule has 2 saturated heterocycles. The van der Waals surface area contributed by atoms with Crippen LogP contribution in [0.15, 0.2) is 11.5 Å². The molecule has 23 heavy (non-hydrogen) atoms. The Hall–Kier alpha value is -1.01. The van der Waals surface area contributed by atoms with Crippen LogP contribution in [0.3, 0.4) is 0 Å². The van der Waals surface area contributed by atoms with E-state index in [2.05, 4.69) is 33.8 Å². The van der Waals surface area contributed by atoms with Gasteiger partial charge in [0.25, 0.3) is 0 Å². The Kier molecular flexibility index (Phi) is 3.66. The number of carbonyl (C=O) groups is 1. The zero-order chi connectivity index (χ0) is 17.2. The molecule has 3 aliphatic heterocycles. The molecule has 1 amide bonds. The molecule has 6 heteroatoms. The van der Waals surface area contributed by atoms with Gasteiger partial charge in [0.2, 0.25) is 0 Å². The number of hydrogen-bond donors (Lipinski definition) is 0. The van der Waals surface area contributed by atoms with E-state index in [-0.39, 0.29) is 36.5 Å². The molecular weight excluding hydrogens is 293 g/mol. The molecule has 0 aromatic heterocycles. The van der Waals surface area contributed by atoms with Gasteiger partial charge in [0.05, 0.1) is 17.2 Å². The molecule has 2 atom stereocenters. The normalized spacial score (nSPS) is 31.5. The van der Waals surface area contributed by atoms with Crippen LogP contribution in [0, 0.1) is 0 Å². The number of carbonyl (C=O) groups excluding carboxylic acids is 1. The van der Waals surface area contributed by atoms with Crippen molar-refractivity contribution in [1.82, 2.24) is 4.90 Å². The quantitative estimate of drug-likeness (QED) is 0.695. The summed E-state index contributed by atoms with van der Waals surface area (Å²) in [5.74, 6) is 0. The Morgan fingerprint density at radius 1 is 1.26 bits per heavy atom. The smallest absolute Gasteiger partial charge is 0.444 e. The lowest BCUT2D eigenvalue weighted by Gasteiger charge is -2.51. The molecule has 4 rings (SSSR count). The second-order valence-corrected chi connectivity index (χ2v) is 8.88. The van der Waals surface area contributed by atoms with Crippen molar-refractivity contribution in [2.45, 2.75) is 90.2 Å². The van der Waals surface area contributed by atoms with E-state index in [4.69, 9.17) is 14.0 Å². The van der Waals surface area contributed by atoms with Crippen LogP contribution in [0.5, 0.6) is 0 Å². The highest BCUT2D eigenvalue weighted by atomic mass is 16.7. The molecule has 4 aliphatic rings. The molecule has 0 aromatic rings. The van der Waals surface area contributed by atoms with Gasteiger partial charge in [-0.1, -0.05) is 6.08 Å². The molecule has 0 N–H and O–H groups in total. The third kappa shape index (κ3) is 2.91. The number of amides is 1. The molecule has 128 valence electrons. The topological polar surface area (TPSA) is 48.0 Å². The summed E-state index contributed by atoms with van der Waals surface area (Å²) in [4.78, 5) is 14.1. The summed E-state index contributed by atoms with van der Waals surface area (Å²) in [6.07, 6.45) is 3.71. The van der Waals surface area contributed by atoms with E-state index in [0.29, 0.717) is 0 Å². The first-order valence-corrected chi connectivity index (χ1v) is 8.47. The maximum Gasteiger partial charge on any atom is 0.490 e. The predicted molar refractivity (Wildman–Crippen MR) is 89.0 cm³/mol. The van der Waals surface area contributed by atoms with Gasteiger partial charge >= 0.3 is 13.2 Å². The molecule has 0 saturated carbocycles. The molecule has 2 bridgehead atoms. The van der Waals surface area contributed by atoms with E-state index in [9.17, 15) is 4.79 Å². The molecule has 2 fully saturated rings. The Labute approximate surface area is 139 Å². The Morgan fingerprint density at radius 2 is 1.83 bits per heavy atom. The van der Waals surface area contributed by atoms with Crippen LogP contribution in [0.4, 0.5) is 4.79 Å². The molecule has 1 aliphatic carbocycles. The predicted octanol–water partition coefficient (Wildman–Crippen LogP) is 3.33. The van der Waals surface area contributed by atoms with Crippen molar-refractivity contribution in [3.8, 4) is 0 Å². The van der Waals surface area contributed by atoms with E-state index in [0.717, 1.165) is 18.3 Å². The van der Waals surface area contributed by atoms with Gasteiger partial charge in [0.1, 0.15) is 5.60 Å². The third-order valence-corrected chi connectivity index (χ3v) is 5.30. The summed E-state index contributed by atoms with van der Waals surface area (Å²) in [5.41, 5.74) is 0.0413. The largest absolute Gasteiger partial charge is 0.490 e. The summed E-state index contributed by atoms with van der Waals surface area (Å²) in [6, 6.07) is 0.312. The van der Waals surface area contributed by atoms with Crippen LogP contribution >= 0.6 is 0 Å². The second kappa shape index (κ2) is 4.99. The van der Waals surface area contributed by atoms with Gasteiger partial charge in [0, 0.05) is 6.04 Å². The Balaban J connectivity index is 1.69. The molecule has 0 aromatic carbocycles. The van der Waals surface area contributed by atoms with Crippen LogP contribution in [-0.4, -0.2) is 47.0 Å². The van der Waals surface area contributed by atoms with E-state index < -0.39 is 5.60 Å². The first kappa shape index (κ1) is 16.8. The molecule has 3 heterocycles. The summed E-state index contributed by atoms with van der Waals surface area (Å²) in [7, 11) is -0.300. The number of rotatable bonds is 1. The minimum absolute atomic E-state index is 0.109. The van der Waals surface area contributed by atoms with E-state index in [1.807, 2.05) is 25.7 Å². The Morgan fingerprint density at radius 3 is 2.26 bits per heavy atom. The summed E-state index contributed by atoms with van der Waals surface area (Å²) >= 11 is 0. The number of fused-ring (bicyclic) bond motifs is 1. The van der Waals surface area contributed by atoms with Gasteiger partial charge < -0.3 is 14.0 Å². The van der Waals surface area contributed by atoms with E-state index in [1.165, 1.54) is 0 Å². The molecule has 0 radical (unpaired) electrons. The zero-order valence-corrected chi connectivity index (χ0v) is 15.3. The van der Waals surface area contributed by atoms with Crippen molar-refractivity contribution >= 4 is 13.2 Å². The van der Waals surface area contributed by atoms with Crippen molar-refractivity contribution in [2.24, 2.45) is 0 Å². The standard InChI is InChI=1S/C17H28BNO4/c1-15(2,3)21-14(20)19-12-8-11(9-13(19)10-12)18-22-16(4,5)17(6,7)23-18/h8,12-13H,9-10H2,1-7H3. The fraction of sp³-hybridized carbons (Fsp3) is 0.824.